The molecule has 4 heteroatoms. The van der Waals surface area contributed by atoms with E-state index in [1.54, 1.807) is 5.56 Å². The van der Waals surface area contributed by atoms with Gasteiger partial charge in [-0.1, -0.05) is 61.7 Å². The van der Waals surface area contributed by atoms with Crippen molar-refractivity contribution >= 4 is 35.6 Å². The van der Waals surface area contributed by atoms with Gasteiger partial charge in [0.05, 0.1) is 0 Å². The predicted molar refractivity (Wildman–Crippen MR) is 112 cm³/mol. The Morgan fingerprint density at radius 3 is 2.28 bits per heavy atom. The van der Waals surface area contributed by atoms with Crippen LogP contribution >= 0.6 is 24.8 Å². The van der Waals surface area contributed by atoms with Crippen LogP contribution in [-0.4, -0.2) is 31.1 Å². The highest BCUT2D eigenvalue weighted by Crippen LogP contribution is 2.40. The molecule has 138 valence electrons. The van der Waals surface area contributed by atoms with E-state index >= 15 is 0 Å². The first-order valence-electron chi connectivity index (χ1n) is 9.36. The highest BCUT2D eigenvalue weighted by atomic mass is 35.5. The Morgan fingerprint density at radius 1 is 0.840 bits per heavy atom. The molecule has 2 aromatic carbocycles. The standard InChI is InChI=1S/C21H28N2.2ClH/c1-2-8-18(9-3-1)21(23-15-13-22-14-16-23)20-12-6-10-17-7-4-5-11-19(17)20;;/h4-7,10-12,18,21-22H,1-3,8-9,13-16H2;2*1H/t21-;;/m0../s1. The second kappa shape index (κ2) is 9.78. The van der Waals surface area contributed by atoms with E-state index in [0.717, 1.165) is 19.0 Å². The zero-order valence-corrected chi connectivity index (χ0v) is 16.5. The number of nitrogens with one attached hydrogen (secondary N) is 1. The van der Waals surface area contributed by atoms with E-state index in [2.05, 4.69) is 52.7 Å². The molecule has 1 atom stereocenters. The molecule has 0 bridgehead atoms. The van der Waals surface area contributed by atoms with Gasteiger partial charge in [-0.2, -0.15) is 0 Å². The van der Waals surface area contributed by atoms with Crippen molar-refractivity contribution in [3.05, 3.63) is 48.0 Å². The summed E-state index contributed by atoms with van der Waals surface area (Å²) in [6, 6.07) is 16.4. The lowest BCUT2D eigenvalue weighted by Gasteiger charge is -2.41. The maximum atomic E-state index is 3.52. The summed E-state index contributed by atoms with van der Waals surface area (Å²) in [5.41, 5.74) is 1.57. The molecule has 4 rings (SSSR count). The van der Waals surface area contributed by atoms with Gasteiger partial charge in [0.2, 0.25) is 0 Å². The van der Waals surface area contributed by atoms with E-state index in [9.17, 15) is 0 Å². The Hall–Kier alpha value is -0.800. The van der Waals surface area contributed by atoms with Crippen molar-refractivity contribution in [1.29, 1.82) is 0 Å². The topological polar surface area (TPSA) is 15.3 Å². The Kier molecular flexibility index (Phi) is 8.02. The second-order valence-electron chi connectivity index (χ2n) is 7.20. The molecule has 1 aliphatic carbocycles. The monoisotopic (exact) mass is 380 g/mol. The minimum absolute atomic E-state index is 0. The van der Waals surface area contributed by atoms with Gasteiger partial charge in [-0.05, 0) is 35.1 Å². The average Bonchev–Trinajstić information content (AvgIpc) is 2.64. The molecule has 0 radical (unpaired) electrons. The molecule has 1 heterocycles. The van der Waals surface area contributed by atoms with Crippen molar-refractivity contribution in [1.82, 2.24) is 10.2 Å². The molecular formula is C21H30Cl2N2. The van der Waals surface area contributed by atoms with Crippen molar-refractivity contribution in [2.75, 3.05) is 26.2 Å². The lowest BCUT2D eigenvalue weighted by molar-refractivity contribution is 0.104. The number of fused-ring (bicyclic) bond motifs is 1. The second-order valence-corrected chi connectivity index (χ2v) is 7.20. The Balaban J connectivity index is 0.00000113. The van der Waals surface area contributed by atoms with Gasteiger partial charge >= 0.3 is 0 Å². The Labute approximate surface area is 164 Å². The number of hydrogen-bond donors (Lipinski definition) is 1. The summed E-state index contributed by atoms with van der Waals surface area (Å²) in [5, 5.41) is 6.37. The minimum atomic E-state index is 0. The van der Waals surface area contributed by atoms with Gasteiger partial charge in [-0.3, -0.25) is 4.90 Å². The Morgan fingerprint density at radius 2 is 1.52 bits per heavy atom. The maximum absolute atomic E-state index is 3.52. The zero-order chi connectivity index (χ0) is 15.5. The maximum Gasteiger partial charge on any atom is 0.0383 e. The average molecular weight is 381 g/mol. The van der Waals surface area contributed by atoms with Crippen LogP contribution in [0.4, 0.5) is 0 Å². The molecule has 0 amide bonds. The number of rotatable bonds is 3. The number of nitrogens with zero attached hydrogens (tertiary/aromatic N) is 1. The molecule has 1 saturated heterocycles. The minimum Gasteiger partial charge on any atom is -0.314 e. The highest BCUT2D eigenvalue weighted by Gasteiger charge is 2.31. The van der Waals surface area contributed by atoms with E-state index in [0.29, 0.717) is 6.04 Å². The quantitative estimate of drug-likeness (QED) is 0.785. The van der Waals surface area contributed by atoms with Crippen LogP contribution in [0.25, 0.3) is 10.8 Å². The van der Waals surface area contributed by atoms with Gasteiger partial charge in [0.25, 0.3) is 0 Å². The fraction of sp³-hybridized carbons (Fsp3) is 0.524. The van der Waals surface area contributed by atoms with E-state index in [-0.39, 0.29) is 24.8 Å². The van der Waals surface area contributed by atoms with Crippen LogP contribution in [-0.2, 0) is 0 Å². The molecule has 1 saturated carbocycles. The Bertz CT molecular complexity index is 626. The predicted octanol–water partition coefficient (Wildman–Crippen LogP) is 5.21. The molecule has 25 heavy (non-hydrogen) atoms. The summed E-state index contributed by atoms with van der Waals surface area (Å²) in [6.07, 6.45) is 7.06. The van der Waals surface area contributed by atoms with Crippen LogP contribution in [0.5, 0.6) is 0 Å². The third kappa shape index (κ3) is 4.49. The number of hydrogen-bond acceptors (Lipinski definition) is 2. The van der Waals surface area contributed by atoms with Crippen LogP contribution in [0.1, 0.15) is 43.7 Å². The first-order chi connectivity index (χ1) is 11.4. The lowest BCUT2D eigenvalue weighted by atomic mass is 9.79. The number of piperazine rings is 1. The summed E-state index contributed by atoms with van der Waals surface area (Å²) in [4.78, 5) is 2.76. The van der Waals surface area contributed by atoms with Crippen LogP contribution in [0.15, 0.2) is 42.5 Å². The van der Waals surface area contributed by atoms with E-state index in [1.807, 2.05) is 0 Å². The fourth-order valence-corrected chi connectivity index (χ4v) is 4.67. The third-order valence-electron chi connectivity index (χ3n) is 5.78. The molecule has 1 N–H and O–H groups in total. The van der Waals surface area contributed by atoms with Crippen molar-refractivity contribution in [2.45, 2.75) is 38.1 Å². The third-order valence-corrected chi connectivity index (χ3v) is 5.78. The van der Waals surface area contributed by atoms with Crippen molar-refractivity contribution in [3.8, 4) is 0 Å². The molecule has 0 spiro atoms. The molecule has 0 unspecified atom stereocenters. The largest absolute Gasteiger partial charge is 0.314 e. The van der Waals surface area contributed by atoms with Gasteiger partial charge in [0.1, 0.15) is 0 Å². The van der Waals surface area contributed by atoms with Crippen LogP contribution in [0.2, 0.25) is 0 Å². The molecule has 2 fully saturated rings. The van der Waals surface area contributed by atoms with Crippen LogP contribution in [0.3, 0.4) is 0 Å². The molecule has 1 aliphatic heterocycles. The number of benzene rings is 2. The summed E-state index contributed by atoms with van der Waals surface area (Å²) in [5.74, 6) is 0.827. The summed E-state index contributed by atoms with van der Waals surface area (Å²) < 4.78 is 0. The van der Waals surface area contributed by atoms with Gasteiger partial charge in [0.15, 0.2) is 0 Å². The van der Waals surface area contributed by atoms with Crippen molar-refractivity contribution < 1.29 is 0 Å². The van der Waals surface area contributed by atoms with Crippen molar-refractivity contribution in [3.63, 3.8) is 0 Å². The first kappa shape index (κ1) is 20.5. The summed E-state index contributed by atoms with van der Waals surface area (Å²) >= 11 is 0. The summed E-state index contributed by atoms with van der Waals surface area (Å²) in [7, 11) is 0. The van der Waals surface area contributed by atoms with E-state index in [4.69, 9.17) is 0 Å². The summed E-state index contributed by atoms with van der Waals surface area (Å²) in [6.45, 7) is 4.64. The molecular weight excluding hydrogens is 351 g/mol. The number of halogens is 2. The molecule has 2 aliphatic rings. The van der Waals surface area contributed by atoms with Gasteiger partial charge in [-0.15, -0.1) is 24.8 Å². The highest BCUT2D eigenvalue weighted by molar-refractivity contribution is 5.86. The van der Waals surface area contributed by atoms with Crippen LogP contribution in [0, 0.1) is 5.92 Å². The van der Waals surface area contributed by atoms with Crippen molar-refractivity contribution in [2.24, 2.45) is 5.92 Å². The van der Waals surface area contributed by atoms with Crippen LogP contribution < -0.4 is 5.32 Å². The first-order valence-corrected chi connectivity index (χ1v) is 9.36. The SMILES string of the molecule is Cl.Cl.c1ccc2c([C@H](C3CCCCC3)N3CCNCC3)cccc2c1. The fourth-order valence-electron chi connectivity index (χ4n) is 4.67. The zero-order valence-electron chi connectivity index (χ0n) is 14.8. The normalized spacial score (nSPS) is 20.5. The van der Waals surface area contributed by atoms with Gasteiger partial charge < -0.3 is 5.32 Å². The molecule has 0 aromatic heterocycles. The van der Waals surface area contributed by atoms with Gasteiger partial charge in [0, 0.05) is 32.2 Å². The molecule has 2 nitrogen and oxygen atoms in total. The van der Waals surface area contributed by atoms with Gasteiger partial charge in [-0.25, -0.2) is 0 Å². The lowest BCUT2D eigenvalue weighted by Crippen LogP contribution is -2.47. The smallest absolute Gasteiger partial charge is 0.0383 e. The van der Waals surface area contributed by atoms with E-state index in [1.165, 1.54) is 56.0 Å². The van der Waals surface area contributed by atoms with E-state index < -0.39 is 0 Å². The molecule has 2 aromatic rings.